The fraction of sp³-hybridized carbons (Fsp3) is 0.259. The molecule has 1 aliphatic heterocycles. The van der Waals surface area contributed by atoms with Crippen LogP contribution in [0.2, 0.25) is 5.02 Å². The number of aliphatic hydroxyl groups excluding tert-OH is 1. The summed E-state index contributed by atoms with van der Waals surface area (Å²) < 4.78 is 11.9. The van der Waals surface area contributed by atoms with Crippen molar-refractivity contribution in [1.82, 2.24) is 19.9 Å². The number of carbonyl (C=O) groups is 1. The summed E-state index contributed by atoms with van der Waals surface area (Å²) in [6.45, 7) is 2.84. The lowest BCUT2D eigenvalue weighted by molar-refractivity contribution is -0.137. The van der Waals surface area contributed by atoms with E-state index in [2.05, 4.69) is 20.3 Å². The summed E-state index contributed by atoms with van der Waals surface area (Å²) in [5, 5.41) is 14.1. The van der Waals surface area contributed by atoms with Crippen LogP contribution in [0.3, 0.4) is 0 Å². The number of aliphatic hydroxyl groups is 1. The Labute approximate surface area is 219 Å². The third-order valence-corrected chi connectivity index (χ3v) is 6.34. The Morgan fingerprint density at radius 2 is 2.05 bits per heavy atom. The van der Waals surface area contributed by atoms with Crippen LogP contribution in [0.15, 0.2) is 67.1 Å². The number of likely N-dealkylation sites (tertiary alicyclic amines) is 1. The first kappa shape index (κ1) is 24.7. The quantitative estimate of drug-likeness (QED) is 0.353. The summed E-state index contributed by atoms with van der Waals surface area (Å²) in [4.78, 5) is 27.5. The number of halogens is 1. The Morgan fingerprint density at radius 3 is 2.81 bits per heavy atom. The summed E-state index contributed by atoms with van der Waals surface area (Å²) in [6, 6.07) is 16.4. The molecule has 1 fully saturated rings. The lowest BCUT2D eigenvalue weighted by Crippen LogP contribution is -2.39. The molecule has 0 spiro atoms. The zero-order valence-electron chi connectivity index (χ0n) is 20.2. The summed E-state index contributed by atoms with van der Waals surface area (Å²) in [6.07, 6.45) is 2.51. The van der Waals surface area contributed by atoms with Crippen molar-refractivity contribution in [2.75, 3.05) is 18.4 Å². The van der Waals surface area contributed by atoms with Gasteiger partial charge >= 0.3 is 0 Å². The van der Waals surface area contributed by atoms with Crippen LogP contribution in [0.5, 0.6) is 11.5 Å². The van der Waals surface area contributed by atoms with Crippen molar-refractivity contribution in [3.8, 4) is 11.5 Å². The van der Waals surface area contributed by atoms with Crippen LogP contribution in [0.4, 0.5) is 11.5 Å². The van der Waals surface area contributed by atoms with Gasteiger partial charge in [-0.3, -0.25) is 9.78 Å². The molecular weight excluding hydrogens is 494 g/mol. The van der Waals surface area contributed by atoms with Gasteiger partial charge in [0.1, 0.15) is 30.3 Å². The van der Waals surface area contributed by atoms with Crippen molar-refractivity contribution >= 4 is 39.9 Å². The van der Waals surface area contributed by atoms with Gasteiger partial charge in [-0.1, -0.05) is 23.7 Å². The van der Waals surface area contributed by atoms with E-state index in [9.17, 15) is 9.90 Å². The van der Waals surface area contributed by atoms with Gasteiger partial charge in [-0.25, -0.2) is 9.97 Å². The Balaban J connectivity index is 1.34. The predicted molar refractivity (Wildman–Crippen MR) is 140 cm³/mol. The van der Waals surface area contributed by atoms with Crippen molar-refractivity contribution in [1.29, 1.82) is 0 Å². The second-order valence-corrected chi connectivity index (χ2v) is 9.15. The molecule has 1 saturated heterocycles. The van der Waals surface area contributed by atoms with E-state index in [4.69, 9.17) is 21.1 Å². The van der Waals surface area contributed by atoms with Crippen LogP contribution in [0.1, 0.15) is 19.0 Å². The maximum atomic E-state index is 12.8. The SMILES string of the molecule is C[C@H](Oc1cccc2ncnc(Nc3ccc(OCc4ccccn4)c(Cl)c3)c12)C(=O)N1CCC(O)C1. The van der Waals surface area contributed by atoms with E-state index >= 15 is 0 Å². The predicted octanol–water partition coefficient (Wildman–Crippen LogP) is 4.36. The minimum Gasteiger partial charge on any atom is -0.486 e. The monoisotopic (exact) mass is 519 g/mol. The molecule has 2 aromatic heterocycles. The number of hydrogen-bond donors (Lipinski definition) is 2. The van der Waals surface area contributed by atoms with Gasteiger partial charge in [0.05, 0.1) is 27.7 Å². The molecule has 2 N–H and O–H groups in total. The van der Waals surface area contributed by atoms with Crippen LogP contribution >= 0.6 is 11.6 Å². The van der Waals surface area contributed by atoms with Crippen LogP contribution < -0.4 is 14.8 Å². The number of anilines is 2. The van der Waals surface area contributed by atoms with Crippen LogP contribution in [-0.4, -0.2) is 56.2 Å². The highest BCUT2D eigenvalue weighted by Gasteiger charge is 2.29. The molecule has 0 radical (unpaired) electrons. The molecule has 10 heteroatoms. The van der Waals surface area contributed by atoms with E-state index in [1.807, 2.05) is 36.4 Å². The fourth-order valence-electron chi connectivity index (χ4n) is 4.18. The van der Waals surface area contributed by atoms with Gasteiger partial charge in [-0.15, -0.1) is 0 Å². The van der Waals surface area contributed by atoms with Crippen molar-refractivity contribution in [3.05, 3.63) is 77.8 Å². The van der Waals surface area contributed by atoms with Crippen molar-refractivity contribution < 1.29 is 19.4 Å². The number of benzene rings is 2. The van der Waals surface area contributed by atoms with E-state index < -0.39 is 12.2 Å². The maximum absolute atomic E-state index is 12.8. The molecule has 0 aliphatic carbocycles. The molecule has 5 rings (SSSR count). The highest BCUT2D eigenvalue weighted by Crippen LogP contribution is 2.34. The van der Waals surface area contributed by atoms with Gasteiger partial charge in [0, 0.05) is 25.0 Å². The van der Waals surface area contributed by atoms with Crippen molar-refractivity contribution in [2.24, 2.45) is 0 Å². The number of carbonyl (C=O) groups excluding carboxylic acids is 1. The molecule has 1 unspecified atom stereocenters. The molecule has 190 valence electrons. The number of pyridine rings is 1. The summed E-state index contributed by atoms with van der Waals surface area (Å²) in [7, 11) is 0. The molecule has 1 aliphatic rings. The second-order valence-electron chi connectivity index (χ2n) is 8.74. The summed E-state index contributed by atoms with van der Waals surface area (Å²) in [5.41, 5.74) is 2.15. The maximum Gasteiger partial charge on any atom is 0.263 e. The molecule has 3 heterocycles. The smallest absolute Gasteiger partial charge is 0.263 e. The Morgan fingerprint density at radius 1 is 1.16 bits per heavy atom. The number of amides is 1. The number of aromatic nitrogens is 3. The average molecular weight is 520 g/mol. The van der Waals surface area contributed by atoms with Crippen LogP contribution in [-0.2, 0) is 11.4 Å². The minimum absolute atomic E-state index is 0.173. The first-order chi connectivity index (χ1) is 18.0. The molecular formula is C27H26ClN5O4. The molecule has 0 bridgehead atoms. The summed E-state index contributed by atoms with van der Waals surface area (Å²) >= 11 is 6.48. The average Bonchev–Trinajstić information content (AvgIpc) is 3.34. The van der Waals surface area contributed by atoms with Crippen LogP contribution in [0, 0.1) is 0 Å². The van der Waals surface area contributed by atoms with Gasteiger partial charge in [-0.05, 0) is 55.8 Å². The van der Waals surface area contributed by atoms with E-state index in [0.717, 1.165) is 5.69 Å². The number of β-amino-alcohol motifs (C(OH)–C–C–N with tert-alkyl or cyclic N) is 1. The van der Waals surface area contributed by atoms with E-state index in [0.29, 0.717) is 65.0 Å². The summed E-state index contributed by atoms with van der Waals surface area (Å²) in [5.74, 6) is 1.35. The van der Waals surface area contributed by atoms with E-state index in [1.165, 1.54) is 6.33 Å². The van der Waals surface area contributed by atoms with Crippen molar-refractivity contribution in [3.63, 3.8) is 0 Å². The zero-order valence-corrected chi connectivity index (χ0v) is 20.9. The van der Waals surface area contributed by atoms with Gasteiger partial charge in [-0.2, -0.15) is 0 Å². The van der Waals surface area contributed by atoms with E-state index in [1.54, 1.807) is 36.2 Å². The Hall–Kier alpha value is -3.95. The standard InChI is InChI=1S/C27H26ClN5O4/c1-17(27(35)33-12-10-20(34)14-33)37-24-7-4-6-22-25(24)26(31-16-30-22)32-18-8-9-23(21(28)13-18)36-15-19-5-2-3-11-29-19/h2-9,11,13,16-17,20,34H,10,12,14-15H2,1H3,(H,30,31,32)/t17-,20?/m0/s1. The number of fused-ring (bicyclic) bond motifs is 1. The van der Waals surface area contributed by atoms with Crippen molar-refractivity contribution in [2.45, 2.75) is 32.2 Å². The molecule has 2 atom stereocenters. The number of ether oxygens (including phenoxy) is 2. The largest absolute Gasteiger partial charge is 0.486 e. The van der Waals surface area contributed by atoms with E-state index in [-0.39, 0.29) is 5.91 Å². The van der Waals surface area contributed by atoms with Gasteiger partial charge in [0.2, 0.25) is 0 Å². The highest BCUT2D eigenvalue weighted by atomic mass is 35.5. The Bertz CT molecular complexity index is 1400. The first-order valence-corrected chi connectivity index (χ1v) is 12.3. The van der Waals surface area contributed by atoms with Gasteiger partial charge < -0.3 is 24.8 Å². The molecule has 2 aromatic carbocycles. The highest BCUT2D eigenvalue weighted by molar-refractivity contribution is 6.32. The first-order valence-electron chi connectivity index (χ1n) is 11.9. The topological polar surface area (TPSA) is 110 Å². The molecule has 9 nitrogen and oxygen atoms in total. The Kier molecular flexibility index (Phi) is 7.34. The lowest BCUT2D eigenvalue weighted by Gasteiger charge is -2.22. The molecule has 37 heavy (non-hydrogen) atoms. The molecule has 1 amide bonds. The molecule has 4 aromatic rings. The lowest BCUT2D eigenvalue weighted by atomic mass is 10.2. The number of nitrogens with one attached hydrogen (secondary N) is 1. The number of hydrogen-bond acceptors (Lipinski definition) is 8. The zero-order chi connectivity index (χ0) is 25.8. The van der Waals surface area contributed by atoms with Gasteiger partial charge in [0.25, 0.3) is 5.91 Å². The normalized spacial score (nSPS) is 16.0. The third-order valence-electron chi connectivity index (χ3n) is 6.05. The second kappa shape index (κ2) is 11.0. The third kappa shape index (κ3) is 5.73. The number of nitrogens with zero attached hydrogens (tertiary/aromatic N) is 4. The van der Waals surface area contributed by atoms with Gasteiger partial charge in [0.15, 0.2) is 6.10 Å². The fourth-order valence-corrected chi connectivity index (χ4v) is 4.41. The number of rotatable bonds is 8. The molecule has 0 saturated carbocycles. The minimum atomic E-state index is -0.742. The van der Waals surface area contributed by atoms with Crippen LogP contribution in [0.25, 0.3) is 10.9 Å².